The van der Waals surface area contributed by atoms with E-state index in [1.165, 1.54) is 16.0 Å². The molecule has 4 rings (SSSR count). The van der Waals surface area contributed by atoms with Crippen LogP contribution in [0.2, 0.25) is 0 Å². The molecule has 0 bridgehead atoms. The standard InChI is InChI=1S/C28H37N3O4/c1-15(2)11-22-26(32)30-24(21-13-19-9-7-8-10-20(19)14-21)28(34)31(22)25(27(33)29-16(3)4)23-12-17(5)18(6)35-23/h7-10,12,15-16,21-22,24-25H,11,13-14H2,1-6H3,(H,29,33)(H,30,32)/t22-,24-,25-/m1/s1. The van der Waals surface area contributed by atoms with Crippen molar-refractivity contribution in [2.45, 2.75) is 85.0 Å². The SMILES string of the molecule is Cc1cc([C@H](C(=O)NC(C)C)N2C(=O)[C@@H](C3Cc4ccccc4C3)NC(=O)[C@H]2CC(C)C)oc1C. The molecular formula is C28H37N3O4. The van der Waals surface area contributed by atoms with Crippen molar-refractivity contribution in [1.29, 1.82) is 0 Å². The molecule has 3 atom stereocenters. The lowest BCUT2D eigenvalue weighted by molar-refractivity contribution is -0.158. The number of nitrogens with one attached hydrogen (secondary N) is 2. The molecule has 2 aliphatic rings. The number of furan rings is 1. The first-order valence-electron chi connectivity index (χ1n) is 12.6. The molecule has 1 aromatic heterocycles. The molecular weight excluding hydrogens is 442 g/mol. The Bertz CT molecular complexity index is 1070. The lowest BCUT2D eigenvalue weighted by Crippen LogP contribution is -2.67. The quantitative estimate of drug-likeness (QED) is 0.635. The second-order valence-electron chi connectivity index (χ2n) is 10.8. The van der Waals surface area contributed by atoms with Crippen molar-refractivity contribution in [2.75, 3.05) is 0 Å². The average molecular weight is 480 g/mol. The van der Waals surface area contributed by atoms with Crippen molar-refractivity contribution >= 4 is 17.7 Å². The minimum atomic E-state index is -1.02. The molecule has 1 saturated heterocycles. The van der Waals surface area contributed by atoms with Crippen molar-refractivity contribution in [3.63, 3.8) is 0 Å². The third-order valence-electron chi connectivity index (χ3n) is 7.12. The largest absolute Gasteiger partial charge is 0.463 e. The summed E-state index contributed by atoms with van der Waals surface area (Å²) in [6, 6.07) is 7.39. The van der Waals surface area contributed by atoms with Gasteiger partial charge in [-0.3, -0.25) is 14.4 Å². The lowest BCUT2D eigenvalue weighted by atomic mass is 9.88. The van der Waals surface area contributed by atoms with Crippen LogP contribution in [0.1, 0.15) is 68.4 Å². The highest BCUT2D eigenvalue weighted by molar-refractivity contribution is 6.00. The van der Waals surface area contributed by atoms with Crippen LogP contribution in [0.3, 0.4) is 0 Å². The first-order valence-corrected chi connectivity index (χ1v) is 12.6. The maximum absolute atomic E-state index is 14.2. The number of fused-ring (bicyclic) bond motifs is 1. The average Bonchev–Trinajstić information content (AvgIpc) is 3.34. The molecule has 1 aliphatic carbocycles. The van der Waals surface area contributed by atoms with Crippen LogP contribution in [0.4, 0.5) is 0 Å². The van der Waals surface area contributed by atoms with E-state index in [0.717, 1.165) is 18.4 Å². The number of hydrogen-bond acceptors (Lipinski definition) is 4. The molecule has 1 aromatic carbocycles. The van der Waals surface area contributed by atoms with Gasteiger partial charge >= 0.3 is 0 Å². The molecule has 1 aliphatic heterocycles. The zero-order valence-corrected chi connectivity index (χ0v) is 21.6. The second-order valence-corrected chi connectivity index (χ2v) is 10.8. The van der Waals surface area contributed by atoms with Crippen molar-refractivity contribution in [3.05, 3.63) is 58.5 Å². The fraction of sp³-hybridized carbons (Fsp3) is 0.536. The topological polar surface area (TPSA) is 91.7 Å². The normalized spacial score (nSPS) is 21.4. The lowest BCUT2D eigenvalue weighted by Gasteiger charge is -2.44. The predicted octanol–water partition coefficient (Wildman–Crippen LogP) is 3.62. The summed E-state index contributed by atoms with van der Waals surface area (Å²) in [6.07, 6.45) is 1.90. The monoisotopic (exact) mass is 479 g/mol. The van der Waals surface area contributed by atoms with Gasteiger partial charge in [0.2, 0.25) is 11.8 Å². The third kappa shape index (κ3) is 5.00. The van der Waals surface area contributed by atoms with Crippen molar-refractivity contribution in [1.82, 2.24) is 15.5 Å². The summed E-state index contributed by atoms with van der Waals surface area (Å²) in [6.45, 7) is 11.5. The molecule has 1 fully saturated rings. The number of hydrogen-bond donors (Lipinski definition) is 2. The van der Waals surface area contributed by atoms with Gasteiger partial charge in [-0.15, -0.1) is 0 Å². The Morgan fingerprint density at radius 1 is 1.11 bits per heavy atom. The number of piperazine rings is 1. The number of aryl methyl sites for hydroxylation is 2. The van der Waals surface area contributed by atoms with Gasteiger partial charge in [0.25, 0.3) is 5.91 Å². The number of rotatable bonds is 7. The smallest absolute Gasteiger partial charge is 0.250 e. The van der Waals surface area contributed by atoms with E-state index in [4.69, 9.17) is 4.42 Å². The highest BCUT2D eigenvalue weighted by Crippen LogP contribution is 2.36. The van der Waals surface area contributed by atoms with Crippen molar-refractivity contribution in [3.8, 4) is 0 Å². The summed E-state index contributed by atoms with van der Waals surface area (Å²) >= 11 is 0. The molecule has 0 radical (unpaired) electrons. The van der Waals surface area contributed by atoms with Crippen LogP contribution in [-0.4, -0.2) is 40.7 Å². The zero-order chi connectivity index (χ0) is 25.4. The van der Waals surface area contributed by atoms with Crippen LogP contribution in [0.15, 0.2) is 34.7 Å². The molecule has 35 heavy (non-hydrogen) atoms. The Labute approximate surface area is 207 Å². The highest BCUT2D eigenvalue weighted by Gasteiger charge is 2.50. The maximum atomic E-state index is 14.2. The number of nitrogens with zero attached hydrogens (tertiary/aromatic N) is 1. The summed E-state index contributed by atoms with van der Waals surface area (Å²) in [5, 5.41) is 5.99. The maximum Gasteiger partial charge on any atom is 0.250 e. The molecule has 0 saturated carbocycles. The van der Waals surface area contributed by atoms with Crippen LogP contribution in [-0.2, 0) is 27.2 Å². The fourth-order valence-electron chi connectivity index (χ4n) is 5.37. The fourth-order valence-corrected chi connectivity index (χ4v) is 5.37. The van der Waals surface area contributed by atoms with Gasteiger partial charge < -0.3 is 20.0 Å². The Kier molecular flexibility index (Phi) is 7.06. The molecule has 2 heterocycles. The van der Waals surface area contributed by atoms with Crippen LogP contribution < -0.4 is 10.6 Å². The summed E-state index contributed by atoms with van der Waals surface area (Å²) in [7, 11) is 0. The van der Waals surface area contributed by atoms with Crippen molar-refractivity contribution < 1.29 is 18.8 Å². The molecule has 3 amide bonds. The molecule has 7 nitrogen and oxygen atoms in total. The predicted molar refractivity (Wildman–Crippen MR) is 134 cm³/mol. The van der Waals surface area contributed by atoms with Gasteiger partial charge in [0.1, 0.15) is 23.6 Å². The van der Waals surface area contributed by atoms with E-state index in [-0.39, 0.29) is 35.6 Å². The molecule has 2 aromatic rings. The van der Waals surface area contributed by atoms with Crippen LogP contribution in [0, 0.1) is 25.7 Å². The van der Waals surface area contributed by atoms with Crippen LogP contribution in [0.5, 0.6) is 0 Å². The van der Waals surface area contributed by atoms with Gasteiger partial charge in [-0.1, -0.05) is 38.1 Å². The van der Waals surface area contributed by atoms with Gasteiger partial charge in [0.05, 0.1) is 0 Å². The van der Waals surface area contributed by atoms with Crippen LogP contribution in [0.25, 0.3) is 0 Å². The van der Waals surface area contributed by atoms with E-state index in [1.807, 2.05) is 59.7 Å². The summed E-state index contributed by atoms with van der Waals surface area (Å²) < 4.78 is 5.99. The number of benzene rings is 1. The molecule has 188 valence electrons. The first kappa shape index (κ1) is 25.0. The molecule has 0 spiro atoms. The first-order chi connectivity index (χ1) is 16.6. The molecule has 2 N–H and O–H groups in total. The summed E-state index contributed by atoms with van der Waals surface area (Å²) in [5.41, 5.74) is 3.32. The Morgan fingerprint density at radius 2 is 1.74 bits per heavy atom. The van der Waals surface area contributed by atoms with E-state index in [2.05, 4.69) is 22.8 Å². The minimum absolute atomic E-state index is 0.0553. The number of carbonyl (C=O) groups is 3. The Balaban J connectivity index is 1.75. The molecule has 0 unspecified atom stereocenters. The van der Waals surface area contributed by atoms with Gasteiger partial charge in [-0.05, 0) is 81.5 Å². The number of amides is 3. The van der Waals surface area contributed by atoms with E-state index >= 15 is 0 Å². The van der Waals surface area contributed by atoms with E-state index in [9.17, 15) is 14.4 Å². The van der Waals surface area contributed by atoms with Gasteiger partial charge in [-0.2, -0.15) is 0 Å². The second kappa shape index (κ2) is 9.88. The highest BCUT2D eigenvalue weighted by atomic mass is 16.3. The summed E-state index contributed by atoms with van der Waals surface area (Å²) in [4.78, 5) is 42.8. The number of carbonyl (C=O) groups excluding carboxylic acids is 3. The Hall–Kier alpha value is -3.09. The Morgan fingerprint density at radius 3 is 2.26 bits per heavy atom. The zero-order valence-electron chi connectivity index (χ0n) is 21.6. The third-order valence-corrected chi connectivity index (χ3v) is 7.12. The van der Waals surface area contributed by atoms with Gasteiger partial charge in [0, 0.05) is 6.04 Å². The van der Waals surface area contributed by atoms with Gasteiger partial charge in [-0.25, -0.2) is 0 Å². The van der Waals surface area contributed by atoms with E-state index in [0.29, 0.717) is 17.9 Å². The van der Waals surface area contributed by atoms with Crippen molar-refractivity contribution in [2.24, 2.45) is 11.8 Å². The van der Waals surface area contributed by atoms with E-state index in [1.54, 1.807) is 0 Å². The van der Waals surface area contributed by atoms with Crippen LogP contribution >= 0.6 is 0 Å². The molecule has 7 heteroatoms. The van der Waals surface area contributed by atoms with E-state index < -0.39 is 18.1 Å². The minimum Gasteiger partial charge on any atom is -0.463 e. The van der Waals surface area contributed by atoms with Gasteiger partial charge in [0.15, 0.2) is 6.04 Å². The summed E-state index contributed by atoms with van der Waals surface area (Å²) in [5.74, 6) is 0.426.